The third kappa shape index (κ3) is 3.02. The highest BCUT2D eigenvalue weighted by Gasteiger charge is 2.13. The molecule has 0 unspecified atom stereocenters. The Bertz CT molecular complexity index is 700. The van der Waals surface area contributed by atoms with Gasteiger partial charge in [-0.15, -0.1) is 0 Å². The molecule has 4 nitrogen and oxygen atoms in total. The zero-order valence-electron chi connectivity index (χ0n) is 11.3. The topological polar surface area (TPSA) is 52.4 Å². The number of ether oxygens (including phenoxy) is 1. The lowest BCUT2D eigenvalue weighted by molar-refractivity contribution is -0.385. The van der Waals surface area contributed by atoms with Crippen molar-refractivity contribution in [1.29, 1.82) is 0 Å². The molecule has 0 aliphatic heterocycles. The summed E-state index contributed by atoms with van der Waals surface area (Å²) in [4.78, 5) is 10.1. The van der Waals surface area contributed by atoms with Crippen LogP contribution in [0, 0.1) is 15.9 Å². The number of aryl methyl sites for hydroxylation is 2. The van der Waals surface area contributed by atoms with Gasteiger partial charge in [0.25, 0.3) is 5.69 Å². The fraction of sp³-hybridized carbons (Fsp3) is 0.250. The van der Waals surface area contributed by atoms with E-state index in [1.165, 1.54) is 23.6 Å². The van der Waals surface area contributed by atoms with E-state index in [1.54, 1.807) is 0 Å². The Balaban J connectivity index is 1.88. The van der Waals surface area contributed by atoms with Crippen LogP contribution in [0.1, 0.15) is 24.0 Å². The molecule has 21 heavy (non-hydrogen) atoms. The van der Waals surface area contributed by atoms with Crippen LogP contribution in [0.4, 0.5) is 10.1 Å². The Labute approximate surface area is 121 Å². The summed E-state index contributed by atoms with van der Waals surface area (Å²) in [6.45, 7) is 0. The molecule has 0 radical (unpaired) electrons. The summed E-state index contributed by atoms with van der Waals surface area (Å²) in [5.74, 6) is 0.0326. The highest BCUT2D eigenvalue weighted by molar-refractivity contribution is 5.43. The minimum absolute atomic E-state index is 0.137. The van der Waals surface area contributed by atoms with Gasteiger partial charge < -0.3 is 4.74 Å². The minimum Gasteiger partial charge on any atom is -0.457 e. The van der Waals surface area contributed by atoms with Crippen LogP contribution in [0.3, 0.4) is 0 Å². The maximum absolute atomic E-state index is 13.4. The molecule has 1 aliphatic rings. The van der Waals surface area contributed by atoms with E-state index < -0.39 is 10.7 Å². The number of non-ortho nitro benzene ring substituents is 1. The second kappa shape index (κ2) is 5.52. The maximum Gasteiger partial charge on any atom is 0.276 e. The van der Waals surface area contributed by atoms with Gasteiger partial charge in [0.2, 0.25) is 0 Å². The standard InChI is InChI=1S/C16H14FNO3/c17-13-8-14(18(19)20)10-16(9-13)21-15-6-5-11-3-1-2-4-12(11)7-15/h5-10H,1-4H2. The number of nitro groups is 1. The molecule has 0 N–H and O–H groups in total. The fourth-order valence-electron chi connectivity index (χ4n) is 2.62. The van der Waals surface area contributed by atoms with Crippen LogP contribution in [0.15, 0.2) is 36.4 Å². The van der Waals surface area contributed by atoms with Crippen LogP contribution in [0.5, 0.6) is 11.5 Å². The van der Waals surface area contributed by atoms with E-state index in [0.29, 0.717) is 5.75 Å². The molecule has 5 heteroatoms. The van der Waals surface area contributed by atoms with Gasteiger partial charge in [0.15, 0.2) is 0 Å². The Morgan fingerprint density at radius 2 is 1.76 bits per heavy atom. The smallest absolute Gasteiger partial charge is 0.276 e. The van der Waals surface area contributed by atoms with Crippen molar-refractivity contribution in [3.05, 3.63) is 63.5 Å². The van der Waals surface area contributed by atoms with E-state index in [2.05, 4.69) is 0 Å². The van der Waals surface area contributed by atoms with Crippen LogP contribution >= 0.6 is 0 Å². The Morgan fingerprint density at radius 1 is 1.00 bits per heavy atom. The monoisotopic (exact) mass is 287 g/mol. The van der Waals surface area contributed by atoms with Gasteiger partial charge in [-0.05, 0) is 48.9 Å². The van der Waals surface area contributed by atoms with Gasteiger partial charge in [-0.2, -0.15) is 0 Å². The molecule has 0 aromatic heterocycles. The van der Waals surface area contributed by atoms with Gasteiger partial charge in [-0.1, -0.05) is 6.07 Å². The largest absolute Gasteiger partial charge is 0.457 e. The van der Waals surface area contributed by atoms with Crippen LogP contribution in [-0.4, -0.2) is 4.92 Å². The molecule has 0 atom stereocenters. The molecule has 0 bridgehead atoms. The quantitative estimate of drug-likeness (QED) is 0.621. The van der Waals surface area contributed by atoms with Gasteiger partial charge in [-0.25, -0.2) is 4.39 Å². The van der Waals surface area contributed by atoms with Crippen molar-refractivity contribution in [3.63, 3.8) is 0 Å². The van der Waals surface area contributed by atoms with Crippen molar-refractivity contribution in [3.8, 4) is 11.5 Å². The third-order valence-corrected chi connectivity index (χ3v) is 3.62. The third-order valence-electron chi connectivity index (χ3n) is 3.62. The summed E-state index contributed by atoms with van der Waals surface area (Å²) in [6.07, 6.45) is 4.43. The molecular formula is C16H14FNO3. The highest BCUT2D eigenvalue weighted by atomic mass is 19.1. The SMILES string of the molecule is O=[N+]([O-])c1cc(F)cc(Oc2ccc3c(c2)CCCC3)c1. The zero-order chi connectivity index (χ0) is 14.8. The molecule has 0 fully saturated rings. The van der Waals surface area contributed by atoms with Crippen molar-refractivity contribution >= 4 is 5.69 Å². The maximum atomic E-state index is 13.4. The number of fused-ring (bicyclic) bond motifs is 1. The lowest BCUT2D eigenvalue weighted by Crippen LogP contribution is -2.02. The first kappa shape index (κ1) is 13.5. The normalized spacial score (nSPS) is 13.6. The van der Waals surface area contributed by atoms with E-state index >= 15 is 0 Å². The molecule has 0 heterocycles. The molecule has 2 aromatic rings. The van der Waals surface area contributed by atoms with E-state index in [9.17, 15) is 14.5 Å². The second-order valence-electron chi connectivity index (χ2n) is 5.14. The fourth-order valence-corrected chi connectivity index (χ4v) is 2.62. The molecule has 0 saturated carbocycles. The highest BCUT2D eigenvalue weighted by Crippen LogP contribution is 2.30. The molecule has 1 aliphatic carbocycles. The number of nitro benzene ring substituents is 1. The minimum atomic E-state index is -0.683. The molecule has 0 spiro atoms. The first-order valence-electron chi connectivity index (χ1n) is 6.86. The Morgan fingerprint density at radius 3 is 2.52 bits per heavy atom. The van der Waals surface area contributed by atoms with Crippen molar-refractivity contribution in [2.24, 2.45) is 0 Å². The number of hydrogen-bond acceptors (Lipinski definition) is 3. The van der Waals surface area contributed by atoms with E-state index in [0.717, 1.165) is 31.4 Å². The first-order chi connectivity index (χ1) is 10.1. The zero-order valence-corrected chi connectivity index (χ0v) is 11.3. The van der Waals surface area contributed by atoms with Crippen LogP contribution in [0.2, 0.25) is 0 Å². The average molecular weight is 287 g/mol. The van der Waals surface area contributed by atoms with Crippen LogP contribution < -0.4 is 4.74 Å². The molecule has 108 valence electrons. The van der Waals surface area contributed by atoms with Crippen molar-refractivity contribution in [1.82, 2.24) is 0 Å². The van der Waals surface area contributed by atoms with Crippen molar-refractivity contribution < 1.29 is 14.1 Å². The van der Waals surface area contributed by atoms with Gasteiger partial charge in [0.1, 0.15) is 17.3 Å². The van der Waals surface area contributed by atoms with Crippen LogP contribution in [0.25, 0.3) is 0 Å². The van der Waals surface area contributed by atoms with E-state index in [-0.39, 0.29) is 11.4 Å². The summed E-state index contributed by atoms with van der Waals surface area (Å²) < 4.78 is 19.0. The lowest BCUT2D eigenvalue weighted by Gasteiger charge is -2.16. The number of nitrogens with zero attached hydrogens (tertiary/aromatic N) is 1. The predicted octanol–water partition coefficient (Wildman–Crippen LogP) is 4.41. The summed E-state index contributed by atoms with van der Waals surface area (Å²) in [5, 5.41) is 10.7. The summed E-state index contributed by atoms with van der Waals surface area (Å²) in [7, 11) is 0. The first-order valence-corrected chi connectivity index (χ1v) is 6.86. The number of hydrogen-bond donors (Lipinski definition) is 0. The number of halogens is 1. The summed E-state index contributed by atoms with van der Waals surface area (Å²) in [6, 6.07) is 9.01. The molecule has 0 amide bonds. The van der Waals surface area contributed by atoms with Gasteiger partial charge in [0, 0.05) is 6.07 Å². The predicted molar refractivity (Wildman–Crippen MR) is 76.2 cm³/mol. The van der Waals surface area contributed by atoms with Gasteiger partial charge in [0.05, 0.1) is 17.1 Å². The molecular weight excluding hydrogens is 273 g/mol. The Kier molecular flexibility index (Phi) is 3.56. The molecule has 3 rings (SSSR count). The van der Waals surface area contributed by atoms with Gasteiger partial charge in [-0.3, -0.25) is 10.1 Å². The molecule has 0 saturated heterocycles. The second-order valence-corrected chi connectivity index (χ2v) is 5.14. The van der Waals surface area contributed by atoms with E-state index in [1.807, 2.05) is 18.2 Å². The average Bonchev–Trinajstić information content (AvgIpc) is 2.46. The lowest BCUT2D eigenvalue weighted by atomic mass is 9.92. The summed E-state index contributed by atoms with van der Waals surface area (Å²) >= 11 is 0. The Hall–Kier alpha value is -2.43. The van der Waals surface area contributed by atoms with Crippen molar-refractivity contribution in [2.45, 2.75) is 25.7 Å². The van der Waals surface area contributed by atoms with Gasteiger partial charge >= 0.3 is 0 Å². The van der Waals surface area contributed by atoms with Crippen molar-refractivity contribution in [2.75, 3.05) is 0 Å². The number of rotatable bonds is 3. The van der Waals surface area contributed by atoms with E-state index in [4.69, 9.17) is 4.74 Å². The number of benzene rings is 2. The molecule has 2 aromatic carbocycles. The summed E-state index contributed by atoms with van der Waals surface area (Å²) in [5.41, 5.74) is 2.24. The van der Waals surface area contributed by atoms with Crippen LogP contribution in [-0.2, 0) is 12.8 Å².